The molecular formula is C67H130O17P2. The van der Waals surface area contributed by atoms with Crippen molar-refractivity contribution in [2.75, 3.05) is 39.6 Å². The molecule has 0 radical (unpaired) electrons. The maximum absolute atomic E-state index is 13.0. The van der Waals surface area contributed by atoms with Crippen molar-refractivity contribution in [1.29, 1.82) is 0 Å². The molecule has 0 aliphatic heterocycles. The smallest absolute Gasteiger partial charge is 0.462 e. The van der Waals surface area contributed by atoms with Gasteiger partial charge in [0.2, 0.25) is 0 Å². The van der Waals surface area contributed by atoms with Crippen LogP contribution in [0.4, 0.5) is 0 Å². The van der Waals surface area contributed by atoms with E-state index < -0.39 is 97.5 Å². The second-order valence-corrected chi connectivity index (χ2v) is 28.8. The molecule has 3 N–H and O–H groups in total. The van der Waals surface area contributed by atoms with Gasteiger partial charge in [0.1, 0.15) is 19.3 Å². The van der Waals surface area contributed by atoms with E-state index in [1.54, 1.807) is 0 Å². The van der Waals surface area contributed by atoms with E-state index in [4.69, 9.17) is 37.0 Å². The standard InChI is InChI=1S/C67H130O17P2/c1-9-60(8)46-38-30-25-26-34-42-50-67(72)84-63(54-78-65(70)48-40-32-23-18-17-21-29-37-45-59(6)7)56-82-86(75,76)80-52-61(68)51-79-85(73,74)81-55-62(83-66(71)49-41-33-24-16-12-14-20-28-36-44-58(4)5)53-77-64(69)47-39-31-22-15-11-10-13-19-27-35-43-57(2)3/h57-63,68H,9-56H2,1-8H3,(H,73,74)(H,75,76)/t60?,61?,62-,63-/m1/s1. The Labute approximate surface area is 524 Å². The third kappa shape index (κ3) is 59.7. The van der Waals surface area contributed by atoms with Crippen molar-refractivity contribution >= 4 is 39.5 Å². The second kappa shape index (κ2) is 57.0. The molecule has 0 amide bonds. The van der Waals surface area contributed by atoms with E-state index in [0.717, 1.165) is 114 Å². The highest BCUT2D eigenvalue weighted by atomic mass is 31.2. The lowest BCUT2D eigenvalue weighted by Gasteiger charge is -2.21. The first kappa shape index (κ1) is 84.1. The number of phosphoric acid groups is 2. The Morgan fingerprint density at radius 1 is 0.326 bits per heavy atom. The van der Waals surface area contributed by atoms with E-state index in [-0.39, 0.29) is 25.7 Å². The molecule has 0 fully saturated rings. The van der Waals surface area contributed by atoms with Crippen LogP contribution in [0.15, 0.2) is 0 Å². The number of phosphoric ester groups is 2. The summed E-state index contributed by atoms with van der Waals surface area (Å²) in [6, 6.07) is 0. The largest absolute Gasteiger partial charge is 0.472 e. The maximum Gasteiger partial charge on any atom is 0.472 e. The number of unbranched alkanes of at least 4 members (excludes halogenated alkanes) is 29. The predicted molar refractivity (Wildman–Crippen MR) is 344 cm³/mol. The molecule has 0 heterocycles. The van der Waals surface area contributed by atoms with Crippen molar-refractivity contribution in [2.45, 2.75) is 343 Å². The zero-order valence-electron chi connectivity index (χ0n) is 55.9. The molecule has 0 aromatic heterocycles. The number of carbonyl (C=O) groups excluding carboxylic acids is 4. The minimum absolute atomic E-state index is 0.102. The third-order valence-electron chi connectivity index (χ3n) is 15.7. The molecule has 4 unspecified atom stereocenters. The number of ether oxygens (including phenoxy) is 4. The molecule has 17 nitrogen and oxygen atoms in total. The van der Waals surface area contributed by atoms with Crippen molar-refractivity contribution in [3.63, 3.8) is 0 Å². The Morgan fingerprint density at radius 3 is 0.826 bits per heavy atom. The highest BCUT2D eigenvalue weighted by Crippen LogP contribution is 2.45. The van der Waals surface area contributed by atoms with E-state index in [1.165, 1.54) is 128 Å². The Bertz CT molecular complexity index is 1720. The van der Waals surface area contributed by atoms with Gasteiger partial charge in [-0.3, -0.25) is 37.3 Å². The van der Waals surface area contributed by atoms with Crippen LogP contribution < -0.4 is 0 Å². The van der Waals surface area contributed by atoms with Gasteiger partial charge in [0, 0.05) is 25.7 Å². The molecule has 0 spiro atoms. The summed E-state index contributed by atoms with van der Waals surface area (Å²) in [6.45, 7) is 14.0. The zero-order chi connectivity index (χ0) is 63.9. The topological polar surface area (TPSA) is 237 Å². The number of carbonyl (C=O) groups is 4. The fourth-order valence-electron chi connectivity index (χ4n) is 9.93. The highest BCUT2D eigenvalue weighted by molar-refractivity contribution is 7.47. The van der Waals surface area contributed by atoms with Crippen LogP contribution in [0, 0.1) is 23.7 Å². The number of esters is 4. The Kier molecular flexibility index (Phi) is 55.7. The van der Waals surface area contributed by atoms with Crippen molar-refractivity contribution in [3.05, 3.63) is 0 Å². The molecule has 0 aliphatic carbocycles. The molecule has 0 rings (SSSR count). The van der Waals surface area contributed by atoms with Crippen LogP contribution in [0.1, 0.15) is 325 Å². The van der Waals surface area contributed by atoms with Gasteiger partial charge in [0.15, 0.2) is 12.2 Å². The average Bonchev–Trinajstić information content (AvgIpc) is 3.67. The number of hydrogen-bond acceptors (Lipinski definition) is 15. The zero-order valence-corrected chi connectivity index (χ0v) is 57.7. The Morgan fingerprint density at radius 2 is 0.558 bits per heavy atom. The fraction of sp³-hybridized carbons (Fsp3) is 0.940. The summed E-state index contributed by atoms with van der Waals surface area (Å²) in [5.74, 6) is 0.805. The molecule has 0 aromatic rings. The quantitative estimate of drug-likeness (QED) is 0.0222. The summed E-state index contributed by atoms with van der Waals surface area (Å²) in [5, 5.41) is 10.6. The van der Waals surface area contributed by atoms with E-state index in [1.807, 2.05) is 0 Å². The molecule has 86 heavy (non-hydrogen) atoms. The van der Waals surface area contributed by atoms with Gasteiger partial charge in [-0.2, -0.15) is 0 Å². The molecule has 19 heteroatoms. The van der Waals surface area contributed by atoms with Crippen LogP contribution in [-0.2, 0) is 65.4 Å². The first-order valence-corrected chi connectivity index (χ1v) is 37.7. The first-order valence-electron chi connectivity index (χ1n) is 34.7. The minimum atomic E-state index is -4.95. The van der Waals surface area contributed by atoms with Crippen LogP contribution in [0.3, 0.4) is 0 Å². The van der Waals surface area contributed by atoms with Crippen molar-refractivity contribution < 1.29 is 80.2 Å². The van der Waals surface area contributed by atoms with Crippen molar-refractivity contribution in [1.82, 2.24) is 0 Å². The van der Waals surface area contributed by atoms with Gasteiger partial charge in [-0.15, -0.1) is 0 Å². The van der Waals surface area contributed by atoms with Gasteiger partial charge in [-0.05, 0) is 49.4 Å². The van der Waals surface area contributed by atoms with Gasteiger partial charge < -0.3 is 33.8 Å². The summed E-state index contributed by atoms with van der Waals surface area (Å²) in [7, 11) is -9.90. The number of aliphatic hydroxyl groups excluding tert-OH is 1. The van der Waals surface area contributed by atoms with E-state index in [2.05, 4.69) is 55.4 Å². The Balaban J connectivity index is 5.26. The second-order valence-electron chi connectivity index (χ2n) is 25.9. The maximum atomic E-state index is 13.0. The van der Waals surface area contributed by atoms with Crippen LogP contribution in [-0.4, -0.2) is 96.7 Å². The molecule has 0 bridgehead atoms. The minimum Gasteiger partial charge on any atom is -0.462 e. The van der Waals surface area contributed by atoms with E-state index >= 15 is 0 Å². The number of hydrogen-bond donors (Lipinski definition) is 3. The fourth-order valence-corrected chi connectivity index (χ4v) is 11.5. The normalized spacial score (nSPS) is 14.7. The van der Waals surface area contributed by atoms with Gasteiger partial charge in [-0.25, -0.2) is 9.13 Å². The lowest BCUT2D eigenvalue weighted by atomic mass is 10.00. The van der Waals surface area contributed by atoms with Crippen LogP contribution in [0.25, 0.3) is 0 Å². The number of aliphatic hydroxyl groups is 1. The van der Waals surface area contributed by atoms with Crippen LogP contribution in [0.2, 0.25) is 0 Å². The van der Waals surface area contributed by atoms with Crippen molar-refractivity contribution in [2.24, 2.45) is 23.7 Å². The van der Waals surface area contributed by atoms with Gasteiger partial charge in [0.05, 0.1) is 26.4 Å². The monoisotopic (exact) mass is 1270 g/mol. The molecular weight excluding hydrogens is 1140 g/mol. The Hall–Kier alpha value is -1.94. The van der Waals surface area contributed by atoms with Crippen LogP contribution in [0.5, 0.6) is 0 Å². The summed E-state index contributed by atoms with van der Waals surface area (Å²) in [5.41, 5.74) is 0. The molecule has 0 aromatic carbocycles. The summed E-state index contributed by atoms with van der Waals surface area (Å²) < 4.78 is 68.1. The lowest BCUT2D eigenvalue weighted by molar-refractivity contribution is -0.161. The molecule has 0 saturated carbocycles. The highest BCUT2D eigenvalue weighted by Gasteiger charge is 2.30. The predicted octanol–water partition coefficient (Wildman–Crippen LogP) is 18.5. The summed E-state index contributed by atoms with van der Waals surface area (Å²) in [4.78, 5) is 72.4. The van der Waals surface area contributed by atoms with E-state index in [0.29, 0.717) is 25.7 Å². The average molecular weight is 1270 g/mol. The third-order valence-corrected chi connectivity index (χ3v) is 17.6. The summed E-state index contributed by atoms with van der Waals surface area (Å²) >= 11 is 0. The first-order chi connectivity index (χ1) is 41.1. The van der Waals surface area contributed by atoms with Crippen LogP contribution >= 0.6 is 15.6 Å². The molecule has 510 valence electrons. The van der Waals surface area contributed by atoms with Gasteiger partial charge in [0.25, 0.3) is 0 Å². The van der Waals surface area contributed by atoms with Crippen molar-refractivity contribution in [3.8, 4) is 0 Å². The molecule has 6 atom stereocenters. The molecule has 0 aliphatic rings. The lowest BCUT2D eigenvalue weighted by Crippen LogP contribution is -2.30. The SMILES string of the molecule is CCC(C)CCCCCCCCC(=O)O[C@H](COC(=O)CCCCCCCCCCC(C)C)COP(=O)(O)OCC(O)COP(=O)(O)OC[C@@H](COC(=O)CCCCCCCCCCCCC(C)C)OC(=O)CCCCCCCCCCCC(C)C. The number of rotatable bonds is 64. The van der Waals surface area contributed by atoms with Gasteiger partial charge in [-0.1, -0.05) is 274 Å². The summed E-state index contributed by atoms with van der Waals surface area (Å²) in [6.07, 6.45) is 37.6. The molecule has 0 saturated heterocycles. The van der Waals surface area contributed by atoms with Gasteiger partial charge >= 0.3 is 39.5 Å². The van der Waals surface area contributed by atoms with E-state index in [9.17, 15) is 43.2 Å².